The van der Waals surface area contributed by atoms with Gasteiger partial charge < -0.3 is 4.98 Å². The van der Waals surface area contributed by atoms with Crippen LogP contribution in [-0.2, 0) is 0 Å². The first-order valence-corrected chi connectivity index (χ1v) is 8.05. The number of fused-ring (bicyclic) bond motifs is 1. The molecule has 0 aliphatic rings. The van der Waals surface area contributed by atoms with Crippen LogP contribution in [0.3, 0.4) is 0 Å². The summed E-state index contributed by atoms with van der Waals surface area (Å²) in [7, 11) is 0. The first kappa shape index (κ1) is 14.8. The second-order valence-corrected chi connectivity index (χ2v) is 6.18. The summed E-state index contributed by atoms with van der Waals surface area (Å²) >= 11 is 3.48. The van der Waals surface area contributed by atoms with Gasteiger partial charge in [-0.15, -0.1) is 0 Å². The summed E-state index contributed by atoms with van der Waals surface area (Å²) in [5, 5.41) is 10.1. The van der Waals surface area contributed by atoms with Crippen LogP contribution >= 0.6 is 15.9 Å². The summed E-state index contributed by atoms with van der Waals surface area (Å²) in [5.74, 6) is 0.211. The van der Waals surface area contributed by atoms with Crippen LogP contribution in [-0.4, -0.2) is 9.97 Å². The number of halogens is 1. The third-order valence-corrected chi connectivity index (χ3v) is 4.59. The zero-order chi connectivity index (χ0) is 15.5. The minimum absolute atomic E-state index is 0.211. The van der Waals surface area contributed by atoms with Crippen molar-refractivity contribution in [2.45, 2.75) is 25.7 Å². The van der Waals surface area contributed by atoms with E-state index in [2.05, 4.69) is 63.2 Å². The fourth-order valence-electron chi connectivity index (χ4n) is 2.84. The van der Waals surface area contributed by atoms with E-state index < -0.39 is 0 Å². The van der Waals surface area contributed by atoms with E-state index in [1.54, 1.807) is 6.20 Å². The first-order chi connectivity index (χ1) is 10.7. The molecule has 0 saturated carbocycles. The molecule has 1 unspecified atom stereocenters. The smallest absolute Gasteiger partial charge is 0.130 e. The van der Waals surface area contributed by atoms with Crippen LogP contribution in [0.2, 0.25) is 0 Å². The molecule has 1 N–H and O–H groups in total. The van der Waals surface area contributed by atoms with Crippen molar-refractivity contribution in [3.8, 4) is 6.07 Å². The maximum absolute atomic E-state index is 8.99. The van der Waals surface area contributed by atoms with Crippen molar-refractivity contribution in [3.05, 3.63) is 64.0 Å². The van der Waals surface area contributed by atoms with E-state index in [0.717, 1.165) is 21.9 Å². The highest BCUT2D eigenvalue weighted by molar-refractivity contribution is 9.10. The van der Waals surface area contributed by atoms with Gasteiger partial charge in [0, 0.05) is 30.1 Å². The van der Waals surface area contributed by atoms with Crippen LogP contribution in [0, 0.1) is 18.3 Å². The second-order valence-electron chi connectivity index (χ2n) is 5.43. The molecule has 3 nitrogen and oxygen atoms in total. The fourth-order valence-corrected chi connectivity index (χ4v) is 3.29. The Kier molecular flexibility index (Phi) is 4.26. The number of nitriles is 1. The number of rotatable bonds is 4. The van der Waals surface area contributed by atoms with E-state index in [1.165, 1.54) is 16.7 Å². The Hall–Kier alpha value is -2.12. The van der Waals surface area contributed by atoms with E-state index in [9.17, 15) is 0 Å². The average Bonchev–Trinajstić information content (AvgIpc) is 2.95. The summed E-state index contributed by atoms with van der Waals surface area (Å²) < 4.78 is 0.819. The molecule has 0 aliphatic heterocycles. The number of pyridine rings is 1. The Morgan fingerprint density at radius 2 is 2.05 bits per heavy atom. The number of nitrogens with zero attached hydrogens (tertiary/aromatic N) is 2. The van der Waals surface area contributed by atoms with Gasteiger partial charge in [-0.2, -0.15) is 5.26 Å². The van der Waals surface area contributed by atoms with Crippen LogP contribution in [0.5, 0.6) is 0 Å². The lowest BCUT2D eigenvalue weighted by Gasteiger charge is -2.16. The maximum Gasteiger partial charge on any atom is 0.130 e. The standard InChI is InChI=1S/C18H16BrN3/c1-12-4-6-13(7-5-12)14(3-2-9-20)16-11-22-17-15(16)8-10-21-18(17)19/h4-8,10-11,14,22H,2-3H2,1H3. The van der Waals surface area contributed by atoms with Gasteiger partial charge in [0.1, 0.15) is 4.60 Å². The van der Waals surface area contributed by atoms with Gasteiger partial charge in [0.15, 0.2) is 0 Å². The summed E-state index contributed by atoms with van der Waals surface area (Å²) in [4.78, 5) is 7.56. The van der Waals surface area contributed by atoms with Gasteiger partial charge in [0.2, 0.25) is 0 Å². The van der Waals surface area contributed by atoms with Gasteiger partial charge in [-0.25, -0.2) is 4.98 Å². The van der Waals surface area contributed by atoms with Crippen molar-refractivity contribution >= 4 is 26.8 Å². The number of aryl methyl sites for hydroxylation is 1. The Morgan fingerprint density at radius 1 is 1.27 bits per heavy atom. The van der Waals surface area contributed by atoms with Crippen molar-refractivity contribution in [1.82, 2.24) is 9.97 Å². The molecule has 1 aromatic carbocycles. The van der Waals surface area contributed by atoms with Gasteiger partial charge in [-0.3, -0.25) is 0 Å². The van der Waals surface area contributed by atoms with Crippen LogP contribution < -0.4 is 0 Å². The van der Waals surface area contributed by atoms with Gasteiger partial charge >= 0.3 is 0 Å². The molecule has 0 saturated heterocycles. The van der Waals surface area contributed by atoms with Gasteiger partial charge in [0.25, 0.3) is 0 Å². The number of hydrogen-bond acceptors (Lipinski definition) is 2. The molecular weight excluding hydrogens is 338 g/mol. The number of hydrogen-bond donors (Lipinski definition) is 1. The number of nitrogens with one attached hydrogen (secondary N) is 1. The average molecular weight is 354 g/mol. The van der Waals surface area contributed by atoms with Crippen molar-refractivity contribution in [2.75, 3.05) is 0 Å². The predicted molar refractivity (Wildman–Crippen MR) is 91.7 cm³/mol. The van der Waals surface area contributed by atoms with Crippen LogP contribution in [0.1, 0.15) is 35.4 Å². The topological polar surface area (TPSA) is 52.5 Å². The quantitative estimate of drug-likeness (QED) is 0.665. The zero-order valence-electron chi connectivity index (χ0n) is 12.3. The number of H-pyrrole nitrogens is 1. The van der Waals surface area contributed by atoms with E-state index >= 15 is 0 Å². The molecule has 3 aromatic rings. The van der Waals surface area contributed by atoms with Gasteiger partial charge in [0.05, 0.1) is 11.6 Å². The third kappa shape index (κ3) is 2.77. The summed E-state index contributed by atoms with van der Waals surface area (Å²) in [6, 6.07) is 12.9. The summed E-state index contributed by atoms with van der Waals surface area (Å²) in [6.45, 7) is 2.09. The largest absolute Gasteiger partial charge is 0.359 e. The Morgan fingerprint density at radius 3 is 2.77 bits per heavy atom. The molecule has 0 bridgehead atoms. The number of aromatic amines is 1. The Bertz CT molecular complexity index is 828. The number of benzene rings is 1. The lowest BCUT2D eigenvalue weighted by molar-refractivity contribution is 0.738. The molecule has 2 heterocycles. The molecule has 22 heavy (non-hydrogen) atoms. The monoisotopic (exact) mass is 353 g/mol. The highest BCUT2D eigenvalue weighted by atomic mass is 79.9. The first-order valence-electron chi connectivity index (χ1n) is 7.25. The highest BCUT2D eigenvalue weighted by Gasteiger charge is 2.18. The lowest BCUT2D eigenvalue weighted by atomic mass is 9.87. The molecule has 0 fully saturated rings. The van der Waals surface area contributed by atoms with Crippen molar-refractivity contribution in [2.24, 2.45) is 0 Å². The zero-order valence-corrected chi connectivity index (χ0v) is 13.9. The highest BCUT2D eigenvalue weighted by Crippen LogP contribution is 2.35. The van der Waals surface area contributed by atoms with Crippen molar-refractivity contribution < 1.29 is 0 Å². The van der Waals surface area contributed by atoms with Gasteiger partial charge in [-0.05, 0) is 46.5 Å². The normalized spacial score (nSPS) is 12.2. The minimum Gasteiger partial charge on any atom is -0.359 e. The lowest BCUT2D eigenvalue weighted by Crippen LogP contribution is -2.00. The minimum atomic E-state index is 0.211. The molecule has 3 rings (SSSR count). The van der Waals surface area contributed by atoms with E-state index in [0.29, 0.717) is 6.42 Å². The molecule has 110 valence electrons. The second kappa shape index (κ2) is 6.33. The van der Waals surface area contributed by atoms with E-state index in [4.69, 9.17) is 5.26 Å². The molecule has 0 amide bonds. The molecule has 0 radical (unpaired) electrons. The van der Waals surface area contributed by atoms with Crippen LogP contribution in [0.4, 0.5) is 0 Å². The van der Waals surface area contributed by atoms with Crippen LogP contribution in [0.15, 0.2) is 47.3 Å². The Balaban J connectivity index is 2.10. The third-order valence-electron chi connectivity index (χ3n) is 3.99. The Labute approximate surface area is 138 Å². The van der Waals surface area contributed by atoms with E-state index in [1.807, 2.05) is 12.3 Å². The summed E-state index contributed by atoms with van der Waals surface area (Å²) in [6.07, 6.45) is 5.20. The predicted octanol–water partition coefficient (Wildman–Crippen LogP) is 5.07. The maximum atomic E-state index is 8.99. The molecule has 1 atom stereocenters. The molecule has 4 heteroatoms. The fraction of sp³-hybridized carbons (Fsp3) is 0.222. The molecule has 2 aromatic heterocycles. The molecular formula is C18H16BrN3. The van der Waals surface area contributed by atoms with Crippen molar-refractivity contribution in [3.63, 3.8) is 0 Å². The number of aromatic nitrogens is 2. The SMILES string of the molecule is Cc1ccc(C(CCC#N)c2c[nH]c3c(Br)nccc23)cc1. The van der Waals surface area contributed by atoms with Gasteiger partial charge in [-0.1, -0.05) is 29.8 Å². The summed E-state index contributed by atoms with van der Waals surface area (Å²) in [5.41, 5.74) is 4.71. The molecule has 0 spiro atoms. The van der Waals surface area contributed by atoms with Crippen molar-refractivity contribution in [1.29, 1.82) is 5.26 Å². The molecule has 0 aliphatic carbocycles. The van der Waals surface area contributed by atoms with Crippen LogP contribution in [0.25, 0.3) is 10.9 Å². The van der Waals surface area contributed by atoms with E-state index in [-0.39, 0.29) is 5.92 Å².